The van der Waals surface area contributed by atoms with Crippen LogP contribution in [0, 0.1) is 11.8 Å². The fourth-order valence-corrected chi connectivity index (χ4v) is 4.17. The van der Waals surface area contributed by atoms with Crippen molar-refractivity contribution in [2.75, 3.05) is 37.1 Å². The van der Waals surface area contributed by atoms with Crippen molar-refractivity contribution in [2.24, 2.45) is 21.8 Å². The summed E-state index contributed by atoms with van der Waals surface area (Å²) in [4.78, 5) is 15.0. The van der Waals surface area contributed by atoms with Gasteiger partial charge in [-0.15, -0.1) is 0 Å². The first-order valence-corrected chi connectivity index (χ1v) is 11.4. The Balaban J connectivity index is 1.78. The third-order valence-electron chi connectivity index (χ3n) is 6.30. The molecule has 2 heterocycles. The van der Waals surface area contributed by atoms with Gasteiger partial charge in [0.2, 0.25) is 0 Å². The first kappa shape index (κ1) is 22.2. The van der Waals surface area contributed by atoms with Gasteiger partial charge in [-0.05, 0) is 36.1 Å². The fourth-order valence-electron chi connectivity index (χ4n) is 4.17. The van der Waals surface area contributed by atoms with Crippen LogP contribution >= 0.6 is 0 Å². The Bertz CT molecular complexity index is 933. The van der Waals surface area contributed by atoms with Crippen molar-refractivity contribution in [2.45, 2.75) is 39.8 Å². The maximum atomic E-state index is 5.49. The molecule has 2 atom stereocenters. The maximum absolute atomic E-state index is 5.49. The molecule has 0 radical (unpaired) electrons. The smallest absolute Gasteiger partial charge is 0.172 e. The van der Waals surface area contributed by atoms with Gasteiger partial charge in [0.05, 0.1) is 26.3 Å². The van der Waals surface area contributed by atoms with E-state index >= 15 is 0 Å². The highest BCUT2D eigenvalue weighted by molar-refractivity contribution is 6.50. The SMILES string of the molecule is COc1cccc(N2CC(C(C)C)N=C2C2=NC(C(C)C)CN2c2cccc(OC)c2)c1. The molecule has 6 heteroatoms. The zero-order valence-corrected chi connectivity index (χ0v) is 19.9. The molecular formula is C26H34N4O2. The summed E-state index contributed by atoms with van der Waals surface area (Å²) in [6.07, 6.45) is 0. The van der Waals surface area contributed by atoms with Crippen LogP contribution in [0.2, 0.25) is 0 Å². The van der Waals surface area contributed by atoms with E-state index in [4.69, 9.17) is 19.5 Å². The Morgan fingerprint density at radius 2 is 1.12 bits per heavy atom. The minimum Gasteiger partial charge on any atom is -0.497 e. The molecule has 170 valence electrons. The van der Waals surface area contributed by atoms with Crippen LogP contribution in [0.25, 0.3) is 0 Å². The Kier molecular flexibility index (Phi) is 6.40. The van der Waals surface area contributed by atoms with Gasteiger partial charge in [0.15, 0.2) is 11.7 Å². The maximum Gasteiger partial charge on any atom is 0.172 e. The number of hydrogen-bond acceptors (Lipinski definition) is 6. The van der Waals surface area contributed by atoms with E-state index in [1.165, 1.54) is 0 Å². The van der Waals surface area contributed by atoms with E-state index in [0.29, 0.717) is 11.8 Å². The summed E-state index contributed by atoms with van der Waals surface area (Å²) in [5, 5.41) is 0. The van der Waals surface area contributed by atoms with Crippen LogP contribution in [0.1, 0.15) is 27.7 Å². The lowest BCUT2D eigenvalue weighted by Crippen LogP contribution is -2.42. The zero-order valence-electron chi connectivity index (χ0n) is 19.9. The zero-order chi connectivity index (χ0) is 22.8. The molecule has 2 aromatic carbocycles. The number of amidine groups is 2. The van der Waals surface area contributed by atoms with Gasteiger partial charge in [0, 0.05) is 36.6 Å². The summed E-state index contributed by atoms with van der Waals surface area (Å²) in [5.74, 6) is 4.43. The number of aliphatic imine (C=N–C) groups is 2. The second-order valence-corrected chi connectivity index (χ2v) is 9.15. The molecule has 0 saturated carbocycles. The molecule has 0 amide bonds. The predicted molar refractivity (Wildman–Crippen MR) is 133 cm³/mol. The van der Waals surface area contributed by atoms with Crippen LogP contribution in [0.15, 0.2) is 58.5 Å². The normalized spacial score (nSPS) is 20.8. The number of hydrogen-bond donors (Lipinski definition) is 0. The quantitative estimate of drug-likeness (QED) is 0.623. The van der Waals surface area contributed by atoms with Crippen molar-refractivity contribution in [1.82, 2.24) is 0 Å². The molecule has 0 bridgehead atoms. The van der Waals surface area contributed by atoms with Crippen molar-refractivity contribution >= 4 is 23.0 Å². The minimum absolute atomic E-state index is 0.212. The molecule has 0 aliphatic carbocycles. The van der Waals surface area contributed by atoms with Gasteiger partial charge in [0.25, 0.3) is 0 Å². The van der Waals surface area contributed by atoms with E-state index in [1.807, 2.05) is 24.3 Å². The standard InChI is InChI=1S/C26H34N4O2/c1-17(2)23-15-29(19-9-7-11-21(13-19)31-5)25(27-23)26-28-24(18(3)4)16-30(26)20-10-8-12-22(14-20)32-6/h7-14,17-18,23-24H,15-16H2,1-6H3. The molecule has 2 unspecified atom stereocenters. The first-order chi connectivity index (χ1) is 15.4. The van der Waals surface area contributed by atoms with Gasteiger partial charge in [-0.1, -0.05) is 39.8 Å². The lowest BCUT2D eigenvalue weighted by Gasteiger charge is -2.27. The fraction of sp³-hybridized carbons (Fsp3) is 0.462. The van der Waals surface area contributed by atoms with Crippen molar-refractivity contribution in [3.63, 3.8) is 0 Å². The lowest BCUT2D eigenvalue weighted by molar-refractivity contribution is 0.414. The van der Waals surface area contributed by atoms with E-state index in [1.54, 1.807) is 14.2 Å². The van der Waals surface area contributed by atoms with Gasteiger partial charge in [0.1, 0.15) is 11.5 Å². The van der Waals surface area contributed by atoms with Crippen LogP contribution in [-0.2, 0) is 0 Å². The number of nitrogens with zero attached hydrogens (tertiary/aromatic N) is 4. The van der Waals surface area contributed by atoms with Crippen LogP contribution in [0.5, 0.6) is 11.5 Å². The van der Waals surface area contributed by atoms with E-state index in [-0.39, 0.29) is 12.1 Å². The Morgan fingerprint density at radius 1 is 0.719 bits per heavy atom. The second-order valence-electron chi connectivity index (χ2n) is 9.15. The summed E-state index contributed by atoms with van der Waals surface area (Å²) in [5.41, 5.74) is 2.15. The highest BCUT2D eigenvalue weighted by atomic mass is 16.5. The number of ether oxygens (including phenoxy) is 2. The number of rotatable bonds is 7. The van der Waals surface area contributed by atoms with Crippen LogP contribution in [0.3, 0.4) is 0 Å². The Hall–Kier alpha value is -3.02. The van der Waals surface area contributed by atoms with Gasteiger partial charge >= 0.3 is 0 Å². The van der Waals surface area contributed by atoms with Gasteiger partial charge in [-0.2, -0.15) is 0 Å². The lowest BCUT2D eigenvalue weighted by atomic mass is 10.1. The van der Waals surface area contributed by atoms with E-state index in [2.05, 4.69) is 61.8 Å². The molecule has 6 nitrogen and oxygen atoms in total. The van der Waals surface area contributed by atoms with Gasteiger partial charge < -0.3 is 19.3 Å². The summed E-state index contributed by atoms with van der Waals surface area (Å²) in [6, 6.07) is 16.8. The van der Waals surface area contributed by atoms with Gasteiger partial charge in [-0.3, -0.25) is 9.98 Å². The molecule has 0 fully saturated rings. The molecule has 32 heavy (non-hydrogen) atoms. The average Bonchev–Trinajstić information content (AvgIpc) is 3.44. The van der Waals surface area contributed by atoms with Crippen molar-refractivity contribution in [3.8, 4) is 11.5 Å². The Morgan fingerprint density at radius 3 is 1.47 bits per heavy atom. The van der Waals surface area contributed by atoms with E-state index in [9.17, 15) is 0 Å². The first-order valence-electron chi connectivity index (χ1n) is 11.4. The summed E-state index contributed by atoms with van der Waals surface area (Å²) < 4.78 is 11.0. The van der Waals surface area contributed by atoms with Crippen molar-refractivity contribution < 1.29 is 9.47 Å². The number of anilines is 2. The third kappa shape index (κ3) is 4.31. The molecule has 0 saturated heterocycles. The summed E-state index contributed by atoms with van der Waals surface area (Å²) in [7, 11) is 3.40. The van der Waals surface area contributed by atoms with E-state index < -0.39 is 0 Å². The van der Waals surface area contributed by atoms with Crippen molar-refractivity contribution in [1.29, 1.82) is 0 Å². The third-order valence-corrected chi connectivity index (χ3v) is 6.30. The van der Waals surface area contributed by atoms with Crippen LogP contribution < -0.4 is 19.3 Å². The Labute approximate surface area is 191 Å². The average molecular weight is 435 g/mol. The van der Waals surface area contributed by atoms with Gasteiger partial charge in [-0.25, -0.2) is 0 Å². The largest absolute Gasteiger partial charge is 0.497 e. The topological polar surface area (TPSA) is 49.7 Å². The molecule has 2 aliphatic rings. The molecular weight excluding hydrogens is 400 g/mol. The summed E-state index contributed by atoms with van der Waals surface area (Å²) in [6.45, 7) is 10.6. The van der Waals surface area contributed by atoms with Crippen LogP contribution in [0.4, 0.5) is 11.4 Å². The number of methoxy groups -OCH3 is 2. The van der Waals surface area contributed by atoms with Crippen molar-refractivity contribution in [3.05, 3.63) is 48.5 Å². The molecule has 0 spiro atoms. The minimum atomic E-state index is 0.212. The second kappa shape index (κ2) is 9.23. The number of benzene rings is 2. The molecule has 4 rings (SSSR count). The van der Waals surface area contributed by atoms with E-state index in [0.717, 1.165) is 47.6 Å². The summed E-state index contributed by atoms with van der Waals surface area (Å²) >= 11 is 0. The van der Waals surface area contributed by atoms with Crippen LogP contribution in [-0.4, -0.2) is 51.1 Å². The predicted octanol–water partition coefficient (Wildman–Crippen LogP) is 4.89. The molecule has 0 aromatic heterocycles. The molecule has 0 N–H and O–H groups in total. The monoisotopic (exact) mass is 434 g/mol. The highest BCUT2D eigenvalue weighted by Crippen LogP contribution is 2.32. The molecule has 2 aliphatic heterocycles. The highest BCUT2D eigenvalue weighted by Gasteiger charge is 2.38. The molecule has 2 aromatic rings.